The Morgan fingerprint density at radius 1 is 1.04 bits per heavy atom. The molecule has 7 heteroatoms. The molecular formula is C20H25N5O2. The third kappa shape index (κ3) is 4.54. The van der Waals surface area contributed by atoms with Crippen LogP contribution in [0.15, 0.2) is 42.6 Å². The maximum Gasteiger partial charge on any atom is 0.418 e. The number of carbonyl (C=O) groups is 1. The monoisotopic (exact) mass is 367 g/mol. The van der Waals surface area contributed by atoms with Crippen molar-refractivity contribution in [3.05, 3.63) is 42.6 Å². The summed E-state index contributed by atoms with van der Waals surface area (Å²) >= 11 is 0. The highest BCUT2D eigenvalue weighted by atomic mass is 16.6. The summed E-state index contributed by atoms with van der Waals surface area (Å²) in [7, 11) is 0. The summed E-state index contributed by atoms with van der Waals surface area (Å²) in [6.45, 7) is 3.91. The number of ether oxygens (including phenoxy) is 1. The standard InChI is InChI=1S/C20H25N5O2/c26-20(27-17-8-2-1-3-9-17)23-18-10-11-21-19(22-18)25-14-12-24(13-15-25)16-6-4-5-7-16/h1-3,8-11,16H,4-7,12-15H2,(H,21,22,23,26). The summed E-state index contributed by atoms with van der Waals surface area (Å²) in [5, 5.41) is 2.67. The lowest BCUT2D eigenvalue weighted by atomic mass is 10.2. The van der Waals surface area contributed by atoms with Crippen molar-refractivity contribution in [2.75, 3.05) is 36.4 Å². The van der Waals surface area contributed by atoms with Crippen LogP contribution in [-0.2, 0) is 0 Å². The van der Waals surface area contributed by atoms with Crippen LogP contribution in [0, 0.1) is 0 Å². The van der Waals surface area contributed by atoms with Gasteiger partial charge in [0, 0.05) is 38.4 Å². The van der Waals surface area contributed by atoms with Crippen LogP contribution in [-0.4, -0.2) is 53.2 Å². The zero-order chi connectivity index (χ0) is 18.5. The van der Waals surface area contributed by atoms with Crippen molar-refractivity contribution < 1.29 is 9.53 Å². The van der Waals surface area contributed by atoms with Crippen LogP contribution in [0.2, 0.25) is 0 Å². The summed E-state index contributed by atoms with van der Waals surface area (Å²) in [6, 6.07) is 11.4. The molecule has 0 radical (unpaired) electrons. The van der Waals surface area contributed by atoms with Gasteiger partial charge in [0.05, 0.1) is 0 Å². The fourth-order valence-corrected chi connectivity index (χ4v) is 3.85. The fraction of sp³-hybridized carbons (Fsp3) is 0.450. The van der Waals surface area contributed by atoms with Crippen molar-refractivity contribution in [1.29, 1.82) is 0 Å². The number of amides is 1. The minimum absolute atomic E-state index is 0.444. The lowest BCUT2D eigenvalue weighted by Crippen LogP contribution is -2.50. The first-order valence-electron chi connectivity index (χ1n) is 9.64. The number of anilines is 2. The molecule has 4 rings (SSSR count). The Labute approximate surface area is 159 Å². The molecule has 7 nitrogen and oxygen atoms in total. The van der Waals surface area contributed by atoms with Gasteiger partial charge in [-0.05, 0) is 31.0 Å². The highest BCUT2D eigenvalue weighted by Gasteiger charge is 2.27. The van der Waals surface area contributed by atoms with E-state index in [-0.39, 0.29) is 0 Å². The van der Waals surface area contributed by atoms with Gasteiger partial charge in [0.25, 0.3) is 0 Å². The lowest BCUT2D eigenvalue weighted by molar-refractivity contribution is 0.187. The normalized spacial score (nSPS) is 18.4. The van der Waals surface area contributed by atoms with E-state index in [0.29, 0.717) is 17.5 Å². The number of nitrogens with zero attached hydrogens (tertiary/aromatic N) is 4. The second kappa shape index (κ2) is 8.35. The average molecular weight is 367 g/mol. The molecule has 1 aromatic heterocycles. The van der Waals surface area contributed by atoms with E-state index in [4.69, 9.17) is 4.74 Å². The average Bonchev–Trinajstić information content (AvgIpc) is 3.24. The quantitative estimate of drug-likeness (QED) is 0.895. The Morgan fingerprint density at radius 3 is 2.52 bits per heavy atom. The second-order valence-electron chi connectivity index (χ2n) is 7.03. The second-order valence-corrected chi connectivity index (χ2v) is 7.03. The van der Waals surface area contributed by atoms with Crippen LogP contribution in [0.5, 0.6) is 5.75 Å². The van der Waals surface area contributed by atoms with Crippen molar-refractivity contribution in [1.82, 2.24) is 14.9 Å². The highest BCUT2D eigenvalue weighted by molar-refractivity contribution is 5.85. The number of nitrogens with one attached hydrogen (secondary N) is 1. The summed E-state index contributed by atoms with van der Waals surface area (Å²) in [5.41, 5.74) is 0. The number of piperazine rings is 1. The smallest absolute Gasteiger partial charge is 0.410 e. The van der Waals surface area contributed by atoms with Crippen molar-refractivity contribution in [3.8, 4) is 5.75 Å². The Kier molecular flexibility index (Phi) is 5.48. The number of hydrogen-bond donors (Lipinski definition) is 1. The lowest BCUT2D eigenvalue weighted by Gasteiger charge is -2.38. The third-order valence-electron chi connectivity index (χ3n) is 5.26. The van der Waals surface area contributed by atoms with Gasteiger partial charge in [0.2, 0.25) is 5.95 Å². The van der Waals surface area contributed by atoms with Crippen molar-refractivity contribution in [2.45, 2.75) is 31.7 Å². The largest absolute Gasteiger partial charge is 0.418 e. The van der Waals surface area contributed by atoms with Crippen molar-refractivity contribution in [3.63, 3.8) is 0 Å². The van der Waals surface area contributed by atoms with Gasteiger partial charge in [-0.15, -0.1) is 0 Å². The van der Waals surface area contributed by atoms with Crippen LogP contribution in [0.3, 0.4) is 0 Å². The molecule has 1 aliphatic carbocycles. The zero-order valence-corrected chi connectivity index (χ0v) is 15.4. The predicted molar refractivity (Wildman–Crippen MR) is 104 cm³/mol. The minimum atomic E-state index is -0.558. The van der Waals surface area contributed by atoms with E-state index in [1.54, 1.807) is 24.4 Å². The molecule has 1 N–H and O–H groups in total. The van der Waals surface area contributed by atoms with Crippen LogP contribution < -0.4 is 15.0 Å². The number of carbonyl (C=O) groups excluding carboxylic acids is 1. The summed E-state index contributed by atoms with van der Waals surface area (Å²) in [4.78, 5) is 25.7. The van der Waals surface area contributed by atoms with E-state index in [1.807, 2.05) is 18.2 Å². The third-order valence-corrected chi connectivity index (χ3v) is 5.26. The number of para-hydroxylation sites is 1. The molecule has 1 aromatic carbocycles. The highest BCUT2D eigenvalue weighted by Crippen LogP contribution is 2.25. The molecule has 2 aromatic rings. The molecular weight excluding hydrogens is 342 g/mol. The van der Waals surface area contributed by atoms with Crippen molar-refractivity contribution in [2.24, 2.45) is 0 Å². The van der Waals surface area contributed by atoms with Gasteiger partial charge in [-0.3, -0.25) is 10.2 Å². The van der Waals surface area contributed by atoms with Crippen LogP contribution in [0.4, 0.5) is 16.6 Å². The molecule has 27 heavy (non-hydrogen) atoms. The predicted octanol–water partition coefficient (Wildman–Crippen LogP) is 3.15. The first kappa shape index (κ1) is 17.7. The molecule has 1 saturated heterocycles. The molecule has 2 heterocycles. The van der Waals surface area contributed by atoms with Gasteiger partial charge in [-0.1, -0.05) is 31.0 Å². The van der Waals surface area contributed by atoms with Gasteiger partial charge >= 0.3 is 6.09 Å². The van der Waals surface area contributed by atoms with Gasteiger partial charge in [0.1, 0.15) is 11.6 Å². The maximum atomic E-state index is 12.0. The summed E-state index contributed by atoms with van der Waals surface area (Å²) < 4.78 is 5.24. The molecule has 1 amide bonds. The van der Waals surface area contributed by atoms with Gasteiger partial charge in [-0.2, -0.15) is 4.98 Å². The van der Waals surface area contributed by atoms with Crippen LogP contribution in [0.25, 0.3) is 0 Å². The summed E-state index contributed by atoms with van der Waals surface area (Å²) in [6.07, 6.45) is 6.50. The number of rotatable bonds is 4. The van der Waals surface area contributed by atoms with E-state index in [9.17, 15) is 4.79 Å². The van der Waals surface area contributed by atoms with E-state index in [0.717, 1.165) is 32.2 Å². The number of hydrogen-bond acceptors (Lipinski definition) is 6. The van der Waals surface area contributed by atoms with Crippen molar-refractivity contribution >= 4 is 17.9 Å². The number of benzene rings is 1. The van der Waals surface area contributed by atoms with E-state index in [1.165, 1.54) is 25.7 Å². The Bertz CT molecular complexity index is 756. The van der Waals surface area contributed by atoms with E-state index in [2.05, 4.69) is 25.1 Å². The molecule has 1 saturated carbocycles. The molecule has 0 spiro atoms. The zero-order valence-electron chi connectivity index (χ0n) is 15.4. The molecule has 2 aliphatic rings. The Balaban J connectivity index is 1.33. The Morgan fingerprint density at radius 2 is 1.78 bits per heavy atom. The van der Waals surface area contributed by atoms with Gasteiger partial charge < -0.3 is 9.64 Å². The molecule has 0 atom stereocenters. The molecule has 1 aliphatic heterocycles. The van der Waals surface area contributed by atoms with Crippen LogP contribution >= 0.6 is 0 Å². The maximum absolute atomic E-state index is 12.0. The Hall–Kier alpha value is -2.67. The number of aromatic nitrogens is 2. The fourth-order valence-electron chi connectivity index (χ4n) is 3.85. The SMILES string of the molecule is O=C(Nc1ccnc(N2CCN(C3CCCC3)CC2)n1)Oc1ccccc1. The minimum Gasteiger partial charge on any atom is -0.410 e. The van der Waals surface area contributed by atoms with Gasteiger partial charge in [-0.25, -0.2) is 9.78 Å². The van der Waals surface area contributed by atoms with E-state index < -0.39 is 6.09 Å². The molecule has 0 bridgehead atoms. The molecule has 0 unspecified atom stereocenters. The first-order chi connectivity index (χ1) is 13.3. The topological polar surface area (TPSA) is 70.6 Å². The first-order valence-corrected chi connectivity index (χ1v) is 9.64. The van der Waals surface area contributed by atoms with Gasteiger partial charge in [0.15, 0.2) is 0 Å². The molecule has 2 fully saturated rings. The van der Waals surface area contributed by atoms with E-state index >= 15 is 0 Å². The molecule has 142 valence electrons. The van der Waals surface area contributed by atoms with Crippen LogP contribution in [0.1, 0.15) is 25.7 Å². The summed E-state index contributed by atoms with van der Waals surface area (Å²) in [5.74, 6) is 1.59.